The van der Waals surface area contributed by atoms with Crippen molar-refractivity contribution in [2.75, 3.05) is 45.8 Å². The zero-order valence-electron chi connectivity index (χ0n) is 45.3. The normalized spacial score (nSPS) is 20.4. The van der Waals surface area contributed by atoms with Crippen molar-refractivity contribution in [1.82, 2.24) is 42.5 Å². The molecule has 0 bridgehead atoms. The summed E-state index contributed by atoms with van der Waals surface area (Å²) in [5.41, 5.74) is 28.9. The van der Waals surface area contributed by atoms with Gasteiger partial charge in [-0.25, -0.2) is 0 Å². The topological polar surface area (TPSA) is 383 Å². The van der Waals surface area contributed by atoms with Gasteiger partial charge in [0, 0.05) is 6.54 Å². The van der Waals surface area contributed by atoms with Crippen LogP contribution in [0.2, 0.25) is 0 Å². The third-order valence-electron chi connectivity index (χ3n) is 13.2. The lowest BCUT2D eigenvalue weighted by Crippen LogP contribution is -2.59. The number of carbonyl (C=O) groups excluding carboxylic acids is 8. The molecule has 19 N–H and O–H groups in total. The molecule has 7 atom stereocenters. The summed E-state index contributed by atoms with van der Waals surface area (Å²) >= 11 is 0. The highest BCUT2D eigenvalue weighted by molar-refractivity contribution is 5.97. The van der Waals surface area contributed by atoms with Gasteiger partial charge >= 0.3 is 0 Å². The van der Waals surface area contributed by atoms with Crippen LogP contribution in [0.15, 0.2) is 0 Å². The van der Waals surface area contributed by atoms with Crippen LogP contribution < -0.4 is 71.2 Å². The first-order chi connectivity index (χ1) is 35.6. The van der Waals surface area contributed by atoms with E-state index in [-0.39, 0.29) is 51.5 Å². The predicted molar refractivity (Wildman–Crippen MR) is 288 cm³/mol. The molecule has 0 aromatic rings. The van der Waals surface area contributed by atoms with Crippen LogP contribution in [0.1, 0.15) is 187 Å². The van der Waals surface area contributed by atoms with E-state index in [4.69, 9.17) is 28.7 Å². The first kappa shape index (κ1) is 67.5. The molecular weight excluding hydrogens is 951 g/mol. The van der Waals surface area contributed by atoms with Crippen molar-refractivity contribution in [3.63, 3.8) is 0 Å². The summed E-state index contributed by atoms with van der Waals surface area (Å²) < 4.78 is 0. The average molecular weight is 1050 g/mol. The Labute approximate surface area is 442 Å². The molecule has 74 heavy (non-hydrogen) atoms. The molecular formula is C52H101N13O9. The van der Waals surface area contributed by atoms with Crippen molar-refractivity contribution < 1.29 is 43.5 Å². The van der Waals surface area contributed by atoms with Crippen molar-refractivity contribution >= 4 is 47.3 Å². The Morgan fingerprint density at radius 3 is 1.42 bits per heavy atom. The number of carbonyl (C=O) groups is 8. The lowest BCUT2D eigenvalue weighted by Gasteiger charge is -2.28. The number of hydrogen-bond donors (Lipinski definition) is 14. The van der Waals surface area contributed by atoms with Crippen LogP contribution in [-0.2, 0) is 38.4 Å². The van der Waals surface area contributed by atoms with Gasteiger partial charge in [-0.1, -0.05) is 58.8 Å². The Morgan fingerprint density at radius 2 is 0.946 bits per heavy atom. The van der Waals surface area contributed by atoms with Crippen LogP contribution in [0.3, 0.4) is 0 Å². The van der Waals surface area contributed by atoms with Crippen molar-refractivity contribution in [1.29, 1.82) is 0 Å². The quantitative estimate of drug-likeness (QED) is 0.0380. The fraction of sp³-hybridized carbons (Fsp3) is 0.846. The zero-order valence-corrected chi connectivity index (χ0v) is 45.3. The maximum absolute atomic E-state index is 14.4. The monoisotopic (exact) mass is 1050 g/mol. The van der Waals surface area contributed by atoms with E-state index < -0.39 is 96.2 Å². The molecule has 0 aromatic heterocycles. The lowest BCUT2D eigenvalue weighted by molar-refractivity contribution is -0.135. The summed E-state index contributed by atoms with van der Waals surface area (Å²) in [5, 5.41) is 32.7. The molecule has 1 aliphatic heterocycles. The van der Waals surface area contributed by atoms with Gasteiger partial charge in [0.2, 0.25) is 47.3 Å². The molecule has 7 unspecified atom stereocenters. The Balaban J connectivity index is 3.39. The standard InChI is InChI=1S/C52H101N13O9/c1-37(2)21-7-5-3-4-6-8-22-38(66)35-45(67)59-36-46(68)60-40(24-10-16-30-54)48(70)62-44-28-14-20-34-58-47(69)39(23-9-15-29-53)61-49(71)41(25-11-17-31-55)63-50(72)42(26-12-18-32-56)64-51(73)43(65-52(44)74)27-13-19-33-57/h37-44,66H,3-36,53-57H2,1-2H3,(H,58,69)(H,59,67)(H,60,68)(H,61,71)(H,62,70)(H,63,72)(H,64,73)(H,65,74). The van der Waals surface area contributed by atoms with E-state index in [1.165, 1.54) is 19.3 Å². The van der Waals surface area contributed by atoms with Crippen LogP contribution >= 0.6 is 0 Å². The van der Waals surface area contributed by atoms with Crippen molar-refractivity contribution in [2.24, 2.45) is 34.6 Å². The van der Waals surface area contributed by atoms with Crippen LogP contribution in [0.4, 0.5) is 0 Å². The number of nitrogens with two attached hydrogens (primary N) is 5. The first-order valence-electron chi connectivity index (χ1n) is 28.1. The maximum Gasteiger partial charge on any atom is 0.243 e. The molecule has 0 aromatic carbocycles. The molecule has 0 aliphatic carbocycles. The molecule has 0 saturated carbocycles. The average Bonchev–Trinajstić information content (AvgIpc) is 3.36. The maximum atomic E-state index is 14.4. The molecule has 428 valence electrons. The van der Waals surface area contributed by atoms with E-state index in [2.05, 4.69) is 56.4 Å². The summed E-state index contributed by atoms with van der Waals surface area (Å²) in [7, 11) is 0. The molecule has 8 amide bonds. The van der Waals surface area contributed by atoms with Crippen molar-refractivity contribution in [3.05, 3.63) is 0 Å². The molecule has 1 fully saturated rings. The van der Waals surface area contributed by atoms with Crippen LogP contribution in [0.25, 0.3) is 0 Å². The number of unbranched alkanes of at least 4 members (excludes halogenated alkanes) is 10. The number of nitrogens with one attached hydrogen (secondary N) is 8. The minimum absolute atomic E-state index is 0.0655. The van der Waals surface area contributed by atoms with Crippen LogP contribution in [0.5, 0.6) is 0 Å². The first-order valence-corrected chi connectivity index (χ1v) is 28.1. The van der Waals surface area contributed by atoms with Gasteiger partial charge in [-0.3, -0.25) is 38.4 Å². The minimum atomic E-state index is -1.22. The second kappa shape index (κ2) is 42.7. The molecule has 0 spiro atoms. The fourth-order valence-electron chi connectivity index (χ4n) is 8.70. The van der Waals surface area contributed by atoms with Gasteiger partial charge in [0.15, 0.2) is 0 Å². The smallest absolute Gasteiger partial charge is 0.243 e. The summed E-state index contributed by atoms with van der Waals surface area (Å²) in [6, 6.07) is -6.65. The van der Waals surface area contributed by atoms with Gasteiger partial charge in [0.05, 0.1) is 19.1 Å². The van der Waals surface area contributed by atoms with E-state index in [0.29, 0.717) is 122 Å². The van der Waals surface area contributed by atoms with Crippen LogP contribution in [-0.4, -0.2) is 141 Å². The number of hydrogen-bond acceptors (Lipinski definition) is 14. The molecule has 1 aliphatic rings. The molecule has 22 heteroatoms. The third-order valence-corrected chi connectivity index (χ3v) is 13.2. The summed E-state index contributed by atoms with van der Waals surface area (Å²) in [5.74, 6) is -4.11. The lowest BCUT2D eigenvalue weighted by atomic mass is 10.0. The highest BCUT2D eigenvalue weighted by atomic mass is 16.3. The van der Waals surface area contributed by atoms with E-state index >= 15 is 0 Å². The molecule has 22 nitrogen and oxygen atoms in total. The number of amides is 8. The number of rotatable bonds is 36. The zero-order chi connectivity index (χ0) is 54.9. The van der Waals surface area contributed by atoms with E-state index in [0.717, 1.165) is 25.7 Å². The number of aliphatic hydroxyl groups excluding tert-OH is 1. The predicted octanol–water partition coefficient (Wildman–Crippen LogP) is 0.484. The summed E-state index contributed by atoms with van der Waals surface area (Å²) in [6.07, 6.45) is 14.0. The van der Waals surface area contributed by atoms with Gasteiger partial charge in [-0.15, -0.1) is 0 Å². The van der Waals surface area contributed by atoms with E-state index in [1.807, 2.05) is 0 Å². The highest BCUT2D eigenvalue weighted by Gasteiger charge is 2.33. The van der Waals surface area contributed by atoms with E-state index in [1.54, 1.807) is 0 Å². The van der Waals surface area contributed by atoms with Crippen LogP contribution in [0, 0.1) is 5.92 Å². The number of aliphatic hydroxyl groups is 1. The Bertz CT molecular complexity index is 1610. The molecule has 0 radical (unpaired) electrons. The molecule has 1 heterocycles. The minimum Gasteiger partial charge on any atom is -0.393 e. The molecule has 1 rings (SSSR count). The van der Waals surface area contributed by atoms with Gasteiger partial charge in [0.1, 0.15) is 36.3 Å². The Morgan fingerprint density at radius 1 is 0.527 bits per heavy atom. The fourth-order valence-corrected chi connectivity index (χ4v) is 8.70. The van der Waals surface area contributed by atoms with Crippen molar-refractivity contribution in [3.8, 4) is 0 Å². The van der Waals surface area contributed by atoms with E-state index in [9.17, 15) is 43.5 Å². The van der Waals surface area contributed by atoms with Gasteiger partial charge < -0.3 is 76.3 Å². The Kier molecular flexibility index (Phi) is 39.0. The molecule has 1 saturated heterocycles. The second-order valence-corrected chi connectivity index (χ2v) is 20.4. The largest absolute Gasteiger partial charge is 0.393 e. The second-order valence-electron chi connectivity index (χ2n) is 20.4. The summed E-state index contributed by atoms with van der Waals surface area (Å²) in [6.45, 7) is 5.90. The highest BCUT2D eigenvalue weighted by Crippen LogP contribution is 2.15. The third kappa shape index (κ3) is 32.1. The van der Waals surface area contributed by atoms with Gasteiger partial charge in [-0.05, 0) is 161 Å². The van der Waals surface area contributed by atoms with Gasteiger partial charge in [0.25, 0.3) is 0 Å². The van der Waals surface area contributed by atoms with Gasteiger partial charge in [-0.2, -0.15) is 0 Å². The SMILES string of the molecule is CC(C)CCCCCCCCC(O)CC(=O)NCC(=O)NC(CCCCN)C(=O)NC1CCCCNC(=O)C(CCCCN)NC(=O)C(CCCCN)NC(=O)C(CCCCN)NC(=O)C(CCCCN)NC1=O. The Hall–Kier alpha value is -4.48. The summed E-state index contributed by atoms with van der Waals surface area (Å²) in [4.78, 5) is 110. The van der Waals surface area contributed by atoms with Crippen molar-refractivity contribution in [2.45, 2.75) is 230 Å².